The summed E-state index contributed by atoms with van der Waals surface area (Å²) in [5.41, 5.74) is 2.61. The molecule has 2 N–H and O–H groups in total. The Balaban J connectivity index is 1.73. The minimum absolute atomic E-state index is 0.234. The molecule has 1 saturated carbocycles. The molecule has 1 aliphatic rings. The number of aryl methyl sites for hydroxylation is 2. The molecule has 0 heterocycles. The monoisotopic (exact) mass is 386 g/mol. The SMILES string of the molecule is Cc1ccc(NC(=O)C2(C(=O)Nc3cccc(Br)c3)CC2)c(C)c1. The van der Waals surface area contributed by atoms with Crippen molar-refractivity contribution < 1.29 is 9.59 Å². The number of hydrogen-bond acceptors (Lipinski definition) is 2. The first-order valence-electron chi connectivity index (χ1n) is 7.86. The average Bonchev–Trinajstić information content (AvgIpc) is 3.32. The van der Waals surface area contributed by atoms with Gasteiger partial charge < -0.3 is 10.6 Å². The third-order valence-electron chi connectivity index (χ3n) is 4.33. The first kappa shape index (κ1) is 16.7. The number of hydrogen-bond donors (Lipinski definition) is 2. The summed E-state index contributed by atoms with van der Waals surface area (Å²) in [5, 5.41) is 5.76. The Morgan fingerprint density at radius 1 is 1.00 bits per heavy atom. The number of nitrogens with one attached hydrogen (secondary N) is 2. The molecule has 0 unspecified atom stereocenters. The molecule has 4 nitrogen and oxygen atoms in total. The van der Waals surface area contributed by atoms with E-state index in [1.807, 2.05) is 50.2 Å². The molecule has 2 aromatic carbocycles. The van der Waals surface area contributed by atoms with Gasteiger partial charge in [0.1, 0.15) is 5.41 Å². The van der Waals surface area contributed by atoms with Crippen LogP contribution in [0.15, 0.2) is 46.9 Å². The van der Waals surface area contributed by atoms with Crippen molar-refractivity contribution in [2.24, 2.45) is 5.41 Å². The van der Waals surface area contributed by atoms with E-state index in [-0.39, 0.29) is 11.8 Å². The summed E-state index contributed by atoms with van der Waals surface area (Å²) in [5.74, 6) is -0.482. The van der Waals surface area contributed by atoms with Gasteiger partial charge in [-0.05, 0) is 56.5 Å². The Bertz CT molecular complexity index is 813. The second-order valence-electron chi connectivity index (χ2n) is 6.32. The Morgan fingerprint density at radius 3 is 2.33 bits per heavy atom. The van der Waals surface area contributed by atoms with E-state index < -0.39 is 5.41 Å². The smallest absolute Gasteiger partial charge is 0.240 e. The highest BCUT2D eigenvalue weighted by molar-refractivity contribution is 9.10. The lowest BCUT2D eigenvalue weighted by Crippen LogP contribution is -2.35. The number of rotatable bonds is 4. The zero-order valence-electron chi connectivity index (χ0n) is 13.7. The first-order valence-corrected chi connectivity index (χ1v) is 8.66. The fourth-order valence-corrected chi connectivity index (χ4v) is 3.09. The number of benzene rings is 2. The van der Waals surface area contributed by atoms with E-state index in [9.17, 15) is 9.59 Å². The summed E-state index contributed by atoms with van der Waals surface area (Å²) >= 11 is 3.37. The molecule has 0 aromatic heterocycles. The maximum atomic E-state index is 12.7. The third-order valence-corrected chi connectivity index (χ3v) is 4.83. The second kappa shape index (κ2) is 6.40. The normalized spacial score (nSPS) is 14.8. The van der Waals surface area contributed by atoms with Gasteiger partial charge in [-0.15, -0.1) is 0 Å². The summed E-state index contributed by atoms with van der Waals surface area (Å²) in [6, 6.07) is 13.2. The molecule has 0 aliphatic heterocycles. The van der Waals surface area contributed by atoms with Gasteiger partial charge in [0, 0.05) is 15.8 Å². The summed E-state index contributed by atoms with van der Waals surface area (Å²) in [4.78, 5) is 25.2. The van der Waals surface area contributed by atoms with Crippen LogP contribution >= 0.6 is 15.9 Å². The molecule has 124 valence electrons. The van der Waals surface area contributed by atoms with Crippen LogP contribution in [-0.4, -0.2) is 11.8 Å². The van der Waals surface area contributed by atoms with Crippen molar-refractivity contribution in [2.75, 3.05) is 10.6 Å². The number of amides is 2. The lowest BCUT2D eigenvalue weighted by molar-refractivity contribution is -0.131. The van der Waals surface area contributed by atoms with E-state index >= 15 is 0 Å². The van der Waals surface area contributed by atoms with Crippen LogP contribution in [0.25, 0.3) is 0 Å². The van der Waals surface area contributed by atoms with Gasteiger partial charge >= 0.3 is 0 Å². The van der Waals surface area contributed by atoms with E-state index in [0.717, 1.165) is 21.3 Å². The molecule has 5 heteroatoms. The Hall–Kier alpha value is -2.14. The molecule has 0 saturated heterocycles. The summed E-state index contributed by atoms with van der Waals surface area (Å²) in [7, 11) is 0. The molecule has 1 aliphatic carbocycles. The van der Waals surface area contributed by atoms with Gasteiger partial charge in [-0.2, -0.15) is 0 Å². The van der Waals surface area contributed by atoms with Crippen molar-refractivity contribution in [1.29, 1.82) is 0 Å². The van der Waals surface area contributed by atoms with Gasteiger partial charge in [-0.25, -0.2) is 0 Å². The fourth-order valence-electron chi connectivity index (χ4n) is 2.70. The van der Waals surface area contributed by atoms with Gasteiger partial charge in [0.15, 0.2) is 0 Å². The van der Waals surface area contributed by atoms with Gasteiger partial charge in [-0.1, -0.05) is 39.7 Å². The Labute approximate surface area is 149 Å². The number of carbonyl (C=O) groups excluding carboxylic acids is 2. The topological polar surface area (TPSA) is 58.2 Å². The summed E-state index contributed by atoms with van der Waals surface area (Å²) < 4.78 is 0.880. The van der Waals surface area contributed by atoms with Crippen molar-refractivity contribution in [2.45, 2.75) is 26.7 Å². The van der Waals surface area contributed by atoms with Crippen LogP contribution in [0.1, 0.15) is 24.0 Å². The molecule has 0 bridgehead atoms. The van der Waals surface area contributed by atoms with Crippen LogP contribution in [0, 0.1) is 19.3 Å². The molecule has 2 amide bonds. The highest BCUT2D eigenvalue weighted by Crippen LogP contribution is 2.47. The lowest BCUT2D eigenvalue weighted by Gasteiger charge is -2.17. The fraction of sp³-hybridized carbons (Fsp3) is 0.263. The maximum absolute atomic E-state index is 12.7. The third kappa shape index (κ3) is 3.36. The minimum Gasteiger partial charge on any atom is -0.325 e. The van der Waals surface area contributed by atoms with E-state index in [1.165, 1.54) is 0 Å². The lowest BCUT2D eigenvalue weighted by atomic mass is 10.0. The molecular formula is C19H19BrN2O2. The molecular weight excluding hydrogens is 368 g/mol. The zero-order chi connectivity index (χ0) is 17.3. The standard InChI is InChI=1S/C19H19BrN2O2/c1-12-6-7-16(13(2)10-12)22-18(24)19(8-9-19)17(23)21-15-5-3-4-14(20)11-15/h3-7,10-11H,8-9H2,1-2H3,(H,21,23)(H,22,24). The van der Waals surface area contributed by atoms with Crippen molar-refractivity contribution in [3.8, 4) is 0 Å². The van der Waals surface area contributed by atoms with Crippen molar-refractivity contribution in [1.82, 2.24) is 0 Å². The largest absolute Gasteiger partial charge is 0.325 e. The molecule has 3 rings (SSSR count). The van der Waals surface area contributed by atoms with Gasteiger partial charge in [-0.3, -0.25) is 9.59 Å². The van der Waals surface area contributed by atoms with Gasteiger partial charge in [0.25, 0.3) is 0 Å². The number of carbonyl (C=O) groups is 2. The van der Waals surface area contributed by atoms with Crippen molar-refractivity contribution >= 4 is 39.1 Å². The van der Waals surface area contributed by atoms with Crippen molar-refractivity contribution in [3.05, 3.63) is 58.1 Å². The molecule has 0 atom stereocenters. The highest BCUT2D eigenvalue weighted by Gasteiger charge is 2.56. The van der Waals surface area contributed by atoms with E-state index in [1.54, 1.807) is 6.07 Å². The molecule has 0 spiro atoms. The minimum atomic E-state index is -0.959. The number of halogens is 1. The summed E-state index contributed by atoms with van der Waals surface area (Å²) in [6.45, 7) is 3.95. The van der Waals surface area contributed by atoms with Crippen LogP contribution in [-0.2, 0) is 9.59 Å². The highest BCUT2D eigenvalue weighted by atomic mass is 79.9. The quantitative estimate of drug-likeness (QED) is 0.763. The van der Waals surface area contributed by atoms with Crippen LogP contribution in [0.4, 0.5) is 11.4 Å². The van der Waals surface area contributed by atoms with E-state index in [2.05, 4.69) is 26.6 Å². The van der Waals surface area contributed by atoms with Crippen LogP contribution in [0.2, 0.25) is 0 Å². The van der Waals surface area contributed by atoms with E-state index in [4.69, 9.17) is 0 Å². The predicted molar refractivity (Wildman–Crippen MR) is 99.0 cm³/mol. The van der Waals surface area contributed by atoms with Gasteiger partial charge in [0.2, 0.25) is 11.8 Å². The molecule has 24 heavy (non-hydrogen) atoms. The van der Waals surface area contributed by atoms with Crippen LogP contribution < -0.4 is 10.6 Å². The van der Waals surface area contributed by atoms with E-state index in [0.29, 0.717) is 18.5 Å². The molecule has 2 aromatic rings. The maximum Gasteiger partial charge on any atom is 0.240 e. The van der Waals surface area contributed by atoms with Crippen LogP contribution in [0.3, 0.4) is 0 Å². The van der Waals surface area contributed by atoms with Crippen molar-refractivity contribution in [3.63, 3.8) is 0 Å². The predicted octanol–water partition coefficient (Wildman–Crippen LogP) is 4.42. The second-order valence-corrected chi connectivity index (χ2v) is 7.23. The molecule has 0 radical (unpaired) electrons. The summed E-state index contributed by atoms with van der Waals surface area (Å²) in [6.07, 6.45) is 1.15. The van der Waals surface area contributed by atoms with Gasteiger partial charge in [0.05, 0.1) is 0 Å². The zero-order valence-corrected chi connectivity index (χ0v) is 15.2. The van der Waals surface area contributed by atoms with Crippen LogP contribution in [0.5, 0.6) is 0 Å². The molecule has 1 fully saturated rings. The first-order chi connectivity index (χ1) is 11.4. The Kier molecular flexibility index (Phi) is 4.45. The Morgan fingerprint density at radius 2 is 1.71 bits per heavy atom. The number of anilines is 2. The average molecular weight is 387 g/mol.